The summed E-state index contributed by atoms with van der Waals surface area (Å²) in [5.41, 5.74) is -0.239. The van der Waals surface area contributed by atoms with Crippen LogP contribution in [0.25, 0.3) is 0 Å². The van der Waals surface area contributed by atoms with Gasteiger partial charge in [0, 0.05) is 25.5 Å². The Balaban J connectivity index is 2.60. The van der Waals surface area contributed by atoms with Gasteiger partial charge in [-0.3, -0.25) is 4.98 Å². The first kappa shape index (κ1) is 21.7. The van der Waals surface area contributed by atoms with Crippen LogP contribution < -0.4 is 16.0 Å². The molecule has 0 spiro atoms. The maximum absolute atomic E-state index is 12.3. The molecule has 0 saturated heterocycles. The SMILES string of the molecule is CC(C)C[C@](C)(CNC(=O)OC(C)(C)C)NC(=O)NCc1cccnc1. The van der Waals surface area contributed by atoms with Crippen molar-refractivity contribution >= 4 is 12.1 Å². The molecule has 26 heavy (non-hydrogen) atoms. The van der Waals surface area contributed by atoms with Gasteiger partial charge in [0.2, 0.25) is 0 Å². The van der Waals surface area contributed by atoms with Crippen LogP contribution >= 0.6 is 0 Å². The van der Waals surface area contributed by atoms with Crippen molar-refractivity contribution in [3.8, 4) is 0 Å². The van der Waals surface area contributed by atoms with Crippen LogP contribution in [0.1, 0.15) is 53.5 Å². The van der Waals surface area contributed by atoms with E-state index in [2.05, 4.69) is 34.8 Å². The Kier molecular flexibility index (Phi) is 7.86. The Morgan fingerprint density at radius 3 is 2.42 bits per heavy atom. The molecule has 1 rings (SSSR count). The van der Waals surface area contributed by atoms with Crippen molar-refractivity contribution in [1.29, 1.82) is 0 Å². The smallest absolute Gasteiger partial charge is 0.407 e. The second kappa shape index (κ2) is 9.40. The van der Waals surface area contributed by atoms with E-state index in [-0.39, 0.29) is 12.6 Å². The molecule has 146 valence electrons. The molecule has 1 aromatic heterocycles. The van der Waals surface area contributed by atoms with Crippen molar-refractivity contribution in [2.24, 2.45) is 5.92 Å². The van der Waals surface area contributed by atoms with Crippen molar-refractivity contribution in [3.63, 3.8) is 0 Å². The normalized spacial score (nSPS) is 13.7. The molecule has 1 heterocycles. The molecule has 0 aliphatic heterocycles. The highest BCUT2D eigenvalue weighted by Crippen LogP contribution is 2.16. The number of nitrogens with zero attached hydrogens (tertiary/aromatic N) is 1. The largest absolute Gasteiger partial charge is 0.444 e. The number of hydrogen-bond donors (Lipinski definition) is 3. The second-order valence-corrected chi connectivity index (χ2v) is 8.18. The van der Waals surface area contributed by atoms with Gasteiger partial charge < -0.3 is 20.7 Å². The fourth-order valence-electron chi connectivity index (χ4n) is 2.65. The van der Waals surface area contributed by atoms with Crippen LogP contribution in [-0.2, 0) is 11.3 Å². The number of nitrogens with one attached hydrogen (secondary N) is 3. The summed E-state index contributed by atoms with van der Waals surface area (Å²) in [5, 5.41) is 8.54. The average Bonchev–Trinajstić information content (AvgIpc) is 2.50. The Morgan fingerprint density at radius 2 is 1.88 bits per heavy atom. The van der Waals surface area contributed by atoms with E-state index in [0.717, 1.165) is 5.56 Å². The molecule has 7 nitrogen and oxygen atoms in total. The minimum Gasteiger partial charge on any atom is -0.444 e. The molecule has 0 fully saturated rings. The lowest BCUT2D eigenvalue weighted by molar-refractivity contribution is 0.0509. The molecule has 0 aromatic carbocycles. The lowest BCUT2D eigenvalue weighted by Gasteiger charge is -2.33. The predicted octanol–water partition coefficient (Wildman–Crippen LogP) is 3.21. The maximum atomic E-state index is 12.3. The quantitative estimate of drug-likeness (QED) is 0.693. The van der Waals surface area contributed by atoms with Gasteiger partial charge in [0.1, 0.15) is 5.60 Å². The molecular weight excluding hydrogens is 332 g/mol. The third kappa shape index (κ3) is 9.25. The Hall–Kier alpha value is -2.31. The van der Waals surface area contributed by atoms with Crippen LogP contribution in [0.2, 0.25) is 0 Å². The van der Waals surface area contributed by atoms with E-state index in [1.807, 2.05) is 39.8 Å². The van der Waals surface area contributed by atoms with Gasteiger partial charge >= 0.3 is 12.1 Å². The summed E-state index contributed by atoms with van der Waals surface area (Å²) < 4.78 is 5.26. The number of rotatable bonds is 7. The standard InChI is InChI=1S/C19H32N4O3/c1-14(2)10-19(6,13-22-17(25)26-18(3,4)5)23-16(24)21-12-15-8-7-9-20-11-15/h7-9,11,14H,10,12-13H2,1-6H3,(H,22,25)(H2,21,23,24)/t19-/m1/s1. The third-order valence-corrected chi connectivity index (χ3v) is 3.47. The number of carbonyl (C=O) groups is 2. The summed E-state index contributed by atoms with van der Waals surface area (Å²) in [5.74, 6) is 0.346. The predicted molar refractivity (Wildman–Crippen MR) is 102 cm³/mol. The molecule has 7 heteroatoms. The number of pyridine rings is 1. The van der Waals surface area contributed by atoms with Crippen LogP contribution in [0.5, 0.6) is 0 Å². The van der Waals surface area contributed by atoms with E-state index in [0.29, 0.717) is 18.9 Å². The summed E-state index contributed by atoms with van der Waals surface area (Å²) in [6.07, 6.45) is 3.61. The number of alkyl carbamates (subject to hydrolysis) is 1. The summed E-state index contributed by atoms with van der Waals surface area (Å²) in [6.45, 7) is 12.1. The van der Waals surface area contributed by atoms with E-state index < -0.39 is 17.2 Å². The van der Waals surface area contributed by atoms with Crippen molar-refractivity contribution in [2.75, 3.05) is 6.54 Å². The van der Waals surface area contributed by atoms with Gasteiger partial charge in [-0.25, -0.2) is 9.59 Å². The fourth-order valence-corrected chi connectivity index (χ4v) is 2.65. The Bertz CT molecular complexity index is 584. The van der Waals surface area contributed by atoms with E-state index in [9.17, 15) is 9.59 Å². The van der Waals surface area contributed by atoms with Gasteiger partial charge in [0.15, 0.2) is 0 Å². The van der Waals surface area contributed by atoms with Crippen molar-refractivity contribution in [3.05, 3.63) is 30.1 Å². The first-order chi connectivity index (χ1) is 12.0. The fraction of sp³-hybridized carbons (Fsp3) is 0.632. The van der Waals surface area contributed by atoms with Crippen molar-refractivity contribution < 1.29 is 14.3 Å². The van der Waals surface area contributed by atoms with Crippen molar-refractivity contribution in [1.82, 2.24) is 20.9 Å². The number of amides is 3. The topological polar surface area (TPSA) is 92.4 Å². The average molecular weight is 364 g/mol. The third-order valence-electron chi connectivity index (χ3n) is 3.47. The first-order valence-corrected chi connectivity index (χ1v) is 8.91. The van der Waals surface area contributed by atoms with E-state index >= 15 is 0 Å². The lowest BCUT2D eigenvalue weighted by Crippen LogP contribution is -2.56. The maximum Gasteiger partial charge on any atom is 0.407 e. The molecule has 0 saturated carbocycles. The zero-order valence-electron chi connectivity index (χ0n) is 16.7. The highest BCUT2D eigenvalue weighted by atomic mass is 16.6. The zero-order chi connectivity index (χ0) is 19.8. The minimum absolute atomic E-state index is 0.278. The summed E-state index contributed by atoms with van der Waals surface area (Å²) in [6, 6.07) is 3.43. The van der Waals surface area contributed by atoms with Crippen LogP contribution in [0.15, 0.2) is 24.5 Å². The number of ether oxygens (including phenoxy) is 1. The molecular formula is C19H32N4O3. The van der Waals surface area contributed by atoms with E-state index in [4.69, 9.17) is 4.74 Å². The Labute approximate surface area is 156 Å². The van der Waals surface area contributed by atoms with Gasteiger partial charge in [-0.15, -0.1) is 0 Å². The van der Waals surface area contributed by atoms with Crippen LogP contribution in [0.4, 0.5) is 9.59 Å². The Morgan fingerprint density at radius 1 is 1.19 bits per heavy atom. The summed E-state index contributed by atoms with van der Waals surface area (Å²) in [4.78, 5) is 28.2. The monoisotopic (exact) mass is 364 g/mol. The molecule has 0 aliphatic rings. The van der Waals surface area contributed by atoms with E-state index in [1.165, 1.54) is 0 Å². The number of carbonyl (C=O) groups excluding carboxylic acids is 2. The molecule has 0 aliphatic carbocycles. The van der Waals surface area contributed by atoms with Gasteiger partial charge in [-0.1, -0.05) is 19.9 Å². The molecule has 1 atom stereocenters. The number of hydrogen-bond acceptors (Lipinski definition) is 4. The van der Waals surface area contributed by atoms with Gasteiger partial charge in [0.05, 0.1) is 5.54 Å². The molecule has 0 bridgehead atoms. The molecule has 3 amide bonds. The van der Waals surface area contributed by atoms with Gasteiger partial charge in [-0.2, -0.15) is 0 Å². The van der Waals surface area contributed by atoms with E-state index in [1.54, 1.807) is 12.4 Å². The van der Waals surface area contributed by atoms with Gasteiger partial charge in [0.25, 0.3) is 0 Å². The number of aromatic nitrogens is 1. The highest BCUT2D eigenvalue weighted by molar-refractivity contribution is 5.75. The molecule has 0 unspecified atom stereocenters. The summed E-state index contributed by atoms with van der Waals surface area (Å²) in [7, 11) is 0. The lowest BCUT2D eigenvalue weighted by atomic mass is 9.90. The first-order valence-electron chi connectivity index (χ1n) is 8.91. The highest BCUT2D eigenvalue weighted by Gasteiger charge is 2.29. The van der Waals surface area contributed by atoms with Crippen LogP contribution in [0.3, 0.4) is 0 Å². The molecule has 1 aromatic rings. The minimum atomic E-state index is -0.593. The summed E-state index contributed by atoms with van der Waals surface area (Å²) >= 11 is 0. The van der Waals surface area contributed by atoms with Crippen molar-refractivity contribution in [2.45, 2.75) is 65.6 Å². The molecule has 0 radical (unpaired) electrons. The van der Waals surface area contributed by atoms with Crippen LogP contribution in [0, 0.1) is 5.92 Å². The van der Waals surface area contributed by atoms with Gasteiger partial charge in [-0.05, 0) is 51.7 Å². The van der Waals surface area contributed by atoms with Crippen LogP contribution in [-0.4, -0.2) is 34.8 Å². The zero-order valence-corrected chi connectivity index (χ0v) is 16.7. The molecule has 3 N–H and O–H groups in total. The second-order valence-electron chi connectivity index (χ2n) is 8.18. The number of urea groups is 1.